The molecular weight excluding hydrogens is 282 g/mol. The Morgan fingerprint density at radius 3 is 2.78 bits per heavy atom. The predicted octanol–water partition coefficient (Wildman–Crippen LogP) is 3.86. The Bertz CT molecular complexity index is 709. The van der Waals surface area contributed by atoms with Crippen molar-refractivity contribution in [3.63, 3.8) is 0 Å². The summed E-state index contributed by atoms with van der Waals surface area (Å²) in [5, 5.41) is 1.22. The fraction of sp³-hybridized carbons (Fsp3) is 0.450. The van der Waals surface area contributed by atoms with Crippen LogP contribution in [0.5, 0.6) is 0 Å². The van der Waals surface area contributed by atoms with E-state index in [4.69, 9.17) is 4.98 Å². The highest BCUT2D eigenvalue weighted by Crippen LogP contribution is 2.26. The van der Waals surface area contributed by atoms with Crippen LogP contribution >= 0.6 is 0 Å². The Hall–Kier alpha value is -1.87. The van der Waals surface area contributed by atoms with Crippen molar-refractivity contribution in [1.82, 2.24) is 9.88 Å². The van der Waals surface area contributed by atoms with Crippen LogP contribution in [0, 0.1) is 0 Å². The number of pyridine rings is 1. The number of fused-ring (bicyclic) bond motifs is 1. The molecule has 0 amide bonds. The monoisotopic (exact) mass is 307 g/mol. The molecular formula is C20H25N3. The normalized spacial score (nSPS) is 23.4. The fourth-order valence-corrected chi connectivity index (χ4v) is 3.96. The first-order valence-electron chi connectivity index (χ1n) is 8.81. The van der Waals surface area contributed by atoms with E-state index in [9.17, 15) is 0 Å². The van der Waals surface area contributed by atoms with Crippen LogP contribution in [-0.4, -0.2) is 42.1 Å². The molecule has 0 aliphatic carbocycles. The first kappa shape index (κ1) is 14.7. The summed E-state index contributed by atoms with van der Waals surface area (Å²) < 4.78 is 0. The maximum atomic E-state index is 4.87. The summed E-state index contributed by atoms with van der Waals surface area (Å²) in [7, 11) is 0. The third-order valence-electron chi connectivity index (χ3n) is 5.30. The Morgan fingerprint density at radius 2 is 1.91 bits per heavy atom. The topological polar surface area (TPSA) is 19.4 Å². The summed E-state index contributed by atoms with van der Waals surface area (Å²) in [5.74, 6) is 1.13. The van der Waals surface area contributed by atoms with Crippen molar-refractivity contribution in [1.29, 1.82) is 0 Å². The molecule has 0 spiro atoms. The van der Waals surface area contributed by atoms with Crippen LogP contribution in [0.2, 0.25) is 0 Å². The summed E-state index contributed by atoms with van der Waals surface area (Å²) >= 11 is 0. The van der Waals surface area contributed by atoms with Crippen LogP contribution in [0.4, 0.5) is 5.82 Å². The molecule has 2 fully saturated rings. The molecule has 4 rings (SSSR count). The lowest BCUT2D eigenvalue weighted by Gasteiger charge is -2.26. The fourth-order valence-electron chi connectivity index (χ4n) is 3.96. The number of para-hydroxylation sites is 1. The molecule has 120 valence electrons. The van der Waals surface area contributed by atoms with Gasteiger partial charge in [-0.25, -0.2) is 4.98 Å². The van der Waals surface area contributed by atoms with Crippen molar-refractivity contribution < 1.29 is 0 Å². The van der Waals surface area contributed by atoms with Gasteiger partial charge in [0, 0.05) is 37.6 Å². The van der Waals surface area contributed by atoms with Crippen LogP contribution in [0.3, 0.4) is 0 Å². The summed E-state index contributed by atoms with van der Waals surface area (Å²) in [4.78, 5) is 9.98. The van der Waals surface area contributed by atoms with Gasteiger partial charge in [0.15, 0.2) is 0 Å². The number of aromatic nitrogens is 1. The van der Waals surface area contributed by atoms with E-state index in [1.165, 1.54) is 43.2 Å². The predicted molar refractivity (Wildman–Crippen MR) is 96.9 cm³/mol. The minimum atomic E-state index is 0.722. The molecule has 3 heterocycles. The lowest BCUT2D eigenvalue weighted by Crippen LogP contribution is -2.34. The van der Waals surface area contributed by atoms with Crippen molar-refractivity contribution in [2.45, 2.75) is 31.7 Å². The third-order valence-corrected chi connectivity index (χ3v) is 5.30. The molecule has 2 aliphatic heterocycles. The van der Waals surface area contributed by atoms with Gasteiger partial charge in [0.2, 0.25) is 0 Å². The Labute approximate surface area is 138 Å². The summed E-state index contributed by atoms with van der Waals surface area (Å²) in [6, 6.07) is 13.5. The van der Waals surface area contributed by atoms with E-state index < -0.39 is 0 Å². The lowest BCUT2D eigenvalue weighted by atomic mass is 10.1. The van der Waals surface area contributed by atoms with Crippen LogP contribution in [0.25, 0.3) is 10.9 Å². The van der Waals surface area contributed by atoms with Crippen molar-refractivity contribution in [3.8, 4) is 0 Å². The molecule has 2 aliphatic rings. The van der Waals surface area contributed by atoms with Crippen molar-refractivity contribution >= 4 is 16.7 Å². The molecule has 3 heteroatoms. The molecule has 0 saturated carbocycles. The molecule has 2 saturated heterocycles. The molecule has 0 N–H and O–H groups in total. The van der Waals surface area contributed by atoms with Gasteiger partial charge in [-0.3, -0.25) is 4.90 Å². The zero-order valence-electron chi connectivity index (χ0n) is 13.7. The van der Waals surface area contributed by atoms with E-state index in [-0.39, 0.29) is 0 Å². The average molecular weight is 307 g/mol. The van der Waals surface area contributed by atoms with Gasteiger partial charge in [-0.05, 0) is 43.9 Å². The second kappa shape index (κ2) is 6.32. The SMILES string of the molecule is C=C1CCN([C@@H]2CCCN(c3ccc4ccccc4n3)CC2)C1. The number of anilines is 1. The number of hydrogen-bond donors (Lipinski definition) is 0. The second-order valence-electron chi connectivity index (χ2n) is 6.90. The third kappa shape index (κ3) is 3.11. The minimum Gasteiger partial charge on any atom is -0.357 e. The maximum Gasteiger partial charge on any atom is 0.129 e. The Kier molecular flexibility index (Phi) is 4.04. The first-order chi connectivity index (χ1) is 11.3. The summed E-state index contributed by atoms with van der Waals surface area (Å²) in [5.41, 5.74) is 2.50. The number of benzene rings is 1. The van der Waals surface area contributed by atoms with E-state index >= 15 is 0 Å². The van der Waals surface area contributed by atoms with Crippen molar-refractivity contribution in [2.24, 2.45) is 0 Å². The van der Waals surface area contributed by atoms with Gasteiger partial charge in [-0.15, -0.1) is 0 Å². The minimum absolute atomic E-state index is 0.722. The lowest BCUT2D eigenvalue weighted by molar-refractivity contribution is 0.229. The molecule has 1 atom stereocenters. The first-order valence-corrected chi connectivity index (χ1v) is 8.81. The second-order valence-corrected chi connectivity index (χ2v) is 6.90. The van der Waals surface area contributed by atoms with Crippen LogP contribution < -0.4 is 4.90 Å². The number of likely N-dealkylation sites (tertiary alicyclic amines) is 1. The number of hydrogen-bond acceptors (Lipinski definition) is 3. The average Bonchev–Trinajstić information content (AvgIpc) is 2.87. The van der Waals surface area contributed by atoms with E-state index in [2.05, 4.69) is 52.8 Å². The van der Waals surface area contributed by atoms with Crippen LogP contribution in [-0.2, 0) is 0 Å². The van der Waals surface area contributed by atoms with Crippen molar-refractivity contribution in [3.05, 3.63) is 48.6 Å². The van der Waals surface area contributed by atoms with Crippen molar-refractivity contribution in [2.75, 3.05) is 31.1 Å². The maximum absolute atomic E-state index is 4.87. The highest BCUT2D eigenvalue weighted by atomic mass is 15.2. The Balaban J connectivity index is 1.48. The van der Waals surface area contributed by atoms with Gasteiger partial charge in [-0.1, -0.05) is 30.4 Å². The molecule has 23 heavy (non-hydrogen) atoms. The summed E-state index contributed by atoms with van der Waals surface area (Å²) in [6.07, 6.45) is 4.98. The molecule has 1 aromatic heterocycles. The standard InChI is InChI=1S/C20H25N3/c1-16-10-13-23(15-16)18-6-4-12-22(14-11-18)20-9-8-17-5-2-3-7-19(17)21-20/h2-3,5,7-9,18H,1,4,6,10-15H2/t18-/m1/s1. The van der Waals surface area contributed by atoms with Gasteiger partial charge < -0.3 is 4.90 Å². The van der Waals surface area contributed by atoms with Crippen LogP contribution in [0.1, 0.15) is 25.7 Å². The smallest absolute Gasteiger partial charge is 0.129 e. The Morgan fingerprint density at radius 1 is 1.00 bits per heavy atom. The molecule has 2 aromatic rings. The summed E-state index contributed by atoms with van der Waals surface area (Å²) in [6.45, 7) is 8.70. The van der Waals surface area contributed by atoms with E-state index in [0.717, 1.165) is 37.0 Å². The number of nitrogens with zero attached hydrogens (tertiary/aromatic N) is 3. The molecule has 3 nitrogen and oxygen atoms in total. The zero-order chi connectivity index (χ0) is 15.6. The van der Waals surface area contributed by atoms with Gasteiger partial charge in [0.25, 0.3) is 0 Å². The largest absolute Gasteiger partial charge is 0.357 e. The van der Waals surface area contributed by atoms with Gasteiger partial charge in [0.05, 0.1) is 5.52 Å². The zero-order valence-corrected chi connectivity index (χ0v) is 13.7. The molecule has 0 unspecified atom stereocenters. The highest BCUT2D eigenvalue weighted by molar-refractivity contribution is 5.80. The molecule has 1 aromatic carbocycles. The highest BCUT2D eigenvalue weighted by Gasteiger charge is 2.26. The van der Waals surface area contributed by atoms with Crippen LogP contribution in [0.15, 0.2) is 48.6 Å². The van der Waals surface area contributed by atoms with E-state index in [1.54, 1.807) is 0 Å². The molecule has 0 radical (unpaired) electrons. The van der Waals surface area contributed by atoms with E-state index in [0.29, 0.717) is 0 Å². The van der Waals surface area contributed by atoms with Gasteiger partial charge >= 0.3 is 0 Å². The van der Waals surface area contributed by atoms with Gasteiger partial charge in [0.1, 0.15) is 5.82 Å². The number of rotatable bonds is 2. The molecule has 0 bridgehead atoms. The van der Waals surface area contributed by atoms with E-state index in [1.807, 2.05) is 0 Å². The quantitative estimate of drug-likeness (QED) is 0.786. The van der Waals surface area contributed by atoms with Gasteiger partial charge in [-0.2, -0.15) is 0 Å².